The van der Waals surface area contributed by atoms with E-state index in [1.165, 1.54) is 6.07 Å². The molecule has 0 spiro atoms. The van der Waals surface area contributed by atoms with Crippen LogP contribution in [0.3, 0.4) is 0 Å². The minimum Gasteiger partial charge on any atom is -0.481 e. The second-order valence-corrected chi connectivity index (χ2v) is 4.56. The maximum atomic E-state index is 12.7. The summed E-state index contributed by atoms with van der Waals surface area (Å²) in [5, 5.41) is 9.00. The quantitative estimate of drug-likeness (QED) is 0.475. The molecule has 1 rings (SSSR count). The molecule has 0 aliphatic carbocycles. The van der Waals surface area contributed by atoms with Gasteiger partial charge in [-0.25, -0.2) is 13.8 Å². The molecule has 7 heteroatoms. The predicted molar refractivity (Wildman–Crippen MR) is 65.9 cm³/mol. The van der Waals surface area contributed by atoms with Crippen LogP contribution in [0.5, 0.6) is 0 Å². The van der Waals surface area contributed by atoms with Crippen LogP contribution in [-0.2, 0) is 16.5 Å². The smallest absolute Gasteiger partial charge is 0.307 e. The highest BCUT2D eigenvalue weighted by molar-refractivity contribution is 14.1. The van der Waals surface area contributed by atoms with E-state index in [0.717, 1.165) is 0 Å². The standard InChI is InChI=1S/C9H7BrF2INO2/c10-3-4-1-5(8(11)12)6(2-7(15)16)9(13)14-4/h1,8H,2-3H2,(H,15,16). The fraction of sp³-hybridized carbons (Fsp3) is 0.333. The van der Waals surface area contributed by atoms with Crippen LogP contribution in [0.1, 0.15) is 23.2 Å². The molecule has 0 fully saturated rings. The van der Waals surface area contributed by atoms with Crippen LogP contribution in [-0.4, -0.2) is 16.1 Å². The van der Waals surface area contributed by atoms with Gasteiger partial charge >= 0.3 is 5.97 Å². The van der Waals surface area contributed by atoms with Crippen LogP contribution < -0.4 is 0 Å². The SMILES string of the molecule is O=C(O)Cc1c(C(F)F)cc(CBr)nc1I. The molecule has 0 bridgehead atoms. The van der Waals surface area contributed by atoms with E-state index in [-0.39, 0.29) is 11.1 Å². The summed E-state index contributed by atoms with van der Waals surface area (Å²) >= 11 is 4.90. The number of carbonyl (C=O) groups is 1. The molecule has 1 aromatic heterocycles. The van der Waals surface area contributed by atoms with Crippen molar-refractivity contribution in [2.75, 3.05) is 0 Å². The van der Waals surface area contributed by atoms with Crippen molar-refractivity contribution >= 4 is 44.5 Å². The summed E-state index contributed by atoms with van der Waals surface area (Å²) in [4.78, 5) is 14.6. The molecule has 0 aromatic carbocycles. The number of carboxylic acid groups (broad SMARTS) is 1. The molecule has 0 aliphatic heterocycles. The van der Waals surface area contributed by atoms with Gasteiger partial charge in [0.1, 0.15) is 3.70 Å². The summed E-state index contributed by atoms with van der Waals surface area (Å²) in [6, 6.07) is 1.24. The lowest BCUT2D eigenvalue weighted by molar-refractivity contribution is -0.136. The van der Waals surface area contributed by atoms with E-state index in [1.807, 2.05) is 0 Å². The van der Waals surface area contributed by atoms with Gasteiger partial charge in [0.25, 0.3) is 6.43 Å². The number of alkyl halides is 3. The van der Waals surface area contributed by atoms with Crippen LogP contribution in [0.15, 0.2) is 6.07 Å². The molecule has 16 heavy (non-hydrogen) atoms. The molecule has 0 saturated carbocycles. The van der Waals surface area contributed by atoms with E-state index in [1.54, 1.807) is 22.6 Å². The van der Waals surface area contributed by atoms with E-state index < -0.39 is 18.8 Å². The summed E-state index contributed by atoms with van der Waals surface area (Å²) < 4.78 is 25.8. The van der Waals surface area contributed by atoms with Crippen LogP contribution in [0, 0.1) is 3.70 Å². The fourth-order valence-corrected chi connectivity index (χ4v) is 2.30. The van der Waals surface area contributed by atoms with Gasteiger partial charge in [-0.05, 0) is 28.7 Å². The van der Waals surface area contributed by atoms with Crippen molar-refractivity contribution in [3.63, 3.8) is 0 Å². The van der Waals surface area contributed by atoms with E-state index in [0.29, 0.717) is 14.7 Å². The Balaban J connectivity index is 3.27. The van der Waals surface area contributed by atoms with Crippen LogP contribution in [0.2, 0.25) is 0 Å². The predicted octanol–water partition coefficient (Wildman–Crippen LogP) is 3.15. The first-order valence-electron chi connectivity index (χ1n) is 4.19. The van der Waals surface area contributed by atoms with Crippen LogP contribution in [0.4, 0.5) is 8.78 Å². The Hall–Kier alpha value is -0.310. The third kappa shape index (κ3) is 3.34. The zero-order valence-corrected chi connectivity index (χ0v) is 11.6. The van der Waals surface area contributed by atoms with Crippen molar-refractivity contribution in [3.05, 3.63) is 26.6 Å². The molecule has 0 aliphatic rings. The molecule has 3 nitrogen and oxygen atoms in total. The van der Waals surface area contributed by atoms with Crippen molar-refractivity contribution in [2.24, 2.45) is 0 Å². The Morgan fingerprint density at radius 1 is 1.62 bits per heavy atom. The molecular weight excluding hydrogens is 399 g/mol. The number of rotatable bonds is 4. The number of carboxylic acids is 1. The topological polar surface area (TPSA) is 50.2 Å². The summed E-state index contributed by atoms with van der Waals surface area (Å²) in [7, 11) is 0. The van der Waals surface area contributed by atoms with Gasteiger partial charge < -0.3 is 5.11 Å². The van der Waals surface area contributed by atoms with Gasteiger partial charge in [-0.2, -0.15) is 0 Å². The van der Waals surface area contributed by atoms with Crippen molar-refractivity contribution < 1.29 is 18.7 Å². The van der Waals surface area contributed by atoms with Crippen molar-refractivity contribution in [1.29, 1.82) is 0 Å². The Labute approximate surface area is 113 Å². The number of nitrogens with zero attached hydrogens (tertiary/aromatic N) is 1. The summed E-state index contributed by atoms with van der Waals surface area (Å²) in [6.45, 7) is 0. The van der Waals surface area contributed by atoms with Gasteiger partial charge in [-0.1, -0.05) is 15.9 Å². The second-order valence-electron chi connectivity index (χ2n) is 2.98. The highest BCUT2D eigenvalue weighted by Crippen LogP contribution is 2.27. The summed E-state index contributed by atoms with van der Waals surface area (Å²) in [5.41, 5.74) is 0.304. The maximum Gasteiger partial charge on any atom is 0.307 e. The monoisotopic (exact) mass is 405 g/mol. The molecule has 1 N–H and O–H groups in total. The fourth-order valence-electron chi connectivity index (χ4n) is 1.20. The highest BCUT2D eigenvalue weighted by Gasteiger charge is 2.19. The number of hydrogen-bond donors (Lipinski definition) is 1. The molecule has 0 saturated heterocycles. The first-order valence-corrected chi connectivity index (χ1v) is 6.39. The molecular formula is C9H7BrF2INO2. The highest BCUT2D eigenvalue weighted by atomic mass is 127. The first-order chi connectivity index (χ1) is 7.45. The minimum absolute atomic E-state index is 0.0906. The Kier molecular flexibility index (Phi) is 5.03. The maximum absolute atomic E-state index is 12.7. The number of aromatic nitrogens is 1. The molecule has 0 atom stereocenters. The van der Waals surface area contributed by atoms with E-state index in [4.69, 9.17) is 5.11 Å². The second kappa shape index (κ2) is 5.85. The average molecular weight is 406 g/mol. The largest absolute Gasteiger partial charge is 0.481 e. The zero-order chi connectivity index (χ0) is 12.3. The van der Waals surface area contributed by atoms with Crippen molar-refractivity contribution in [2.45, 2.75) is 18.2 Å². The first kappa shape index (κ1) is 13.8. The number of hydrogen-bond acceptors (Lipinski definition) is 2. The Bertz CT molecular complexity index is 415. The molecule has 1 heterocycles. The van der Waals surface area contributed by atoms with Crippen LogP contribution in [0.25, 0.3) is 0 Å². The Morgan fingerprint density at radius 2 is 2.25 bits per heavy atom. The lowest BCUT2D eigenvalue weighted by atomic mass is 10.1. The minimum atomic E-state index is -2.69. The van der Waals surface area contributed by atoms with Crippen molar-refractivity contribution in [3.8, 4) is 0 Å². The third-order valence-corrected chi connectivity index (χ3v) is 3.33. The number of aliphatic carboxylic acids is 1. The lowest BCUT2D eigenvalue weighted by Gasteiger charge is -2.10. The molecule has 0 unspecified atom stereocenters. The van der Waals surface area contributed by atoms with Gasteiger partial charge in [0.05, 0.1) is 12.1 Å². The summed E-state index contributed by atoms with van der Waals surface area (Å²) in [6.07, 6.45) is -3.13. The van der Waals surface area contributed by atoms with Gasteiger partial charge in [0.15, 0.2) is 0 Å². The van der Waals surface area contributed by atoms with Crippen LogP contribution >= 0.6 is 38.5 Å². The van der Waals surface area contributed by atoms with Gasteiger partial charge in [0.2, 0.25) is 0 Å². The van der Waals surface area contributed by atoms with Gasteiger partial charge in [-0.15, -0.1) is 0 Å². The Morgan fingerprint density at radius 3 is 2.69 bits per heavy atom. The molecule has 0 amide bonds. The number of pyridine rings is 1. The third-order valence-electron chi connectivity index (χ3n) is 1.86. The van der Waals surface area contributed by atoms with Gasteiger partial charge in [-0.3, -0.25) is 4.79 Å². The number of halogens is 4. The normalized spacial score (nSPS) is 10.8. The van der Waals surface area contributed by atoms with E-state index in [2.05, 4.69) is 20.9 Å². The molecule has 88 valence electrons. The molecule has 1 aromatic rings. The van der Waals surface area contributed by atoms with E-state index in [9.17, 15) is 13.6 Å². The van der Waals surface area contributed by atoms with E-state index >= 15 is 0 Å². The summed E-state index contributed by atoms with van der Waals surface area (Å²) in [5.74, 6) is -1.15. The molecule has 0 radical (unpaired) electrons. The van der Waals surface area contributed by atoms with Gasteiger partial charge in [0, 0.05) is 16.5 Å². The average Bonchev–Trinajstić information content (AvgIpc) is 2.19. The van der Waals surface area contributed by atoms with Crippen molar-refractivity contribution in [1.82, 2.24) is 4.98 Å². The zero-order valence-electron chi connectivity index (χ0n) is 7.88. The lowest BCUT2D eigenvalue weighted by Crippen LogP contribution is -2.09.